The zero-order valence-corrected chi connectivity index (χ0v) is 12.2. The molecule has 1 aliphatic heterocycles. The quantitative estimate of drug-likeness (QED) is 0.778. The normalized spacial score (nSPS) is 18.2. The summed E-state index contributed by atoms with van der Waals surface area (Å²) in [7, 11) is 2.13. The van der Waals surface area contributed by atoms with Crippen LogP contribution in [0.5, 0.6) is 0 Å². The van der Waals surface area contributed by atoms with Gasteiger partial charge in [0.15, 0.2) is 0 Å². The van der Waals surface area contributed by atoms with Crippen molar-refractivity contribution in [1.82, 2.24) is 9.91 Å². The van der Waals surface area contributed by atoms with Crippen molar-refractivity contribution in [2.24, 2.45) is 5.10 Å². The Balaban J connectivity index is 2.15. The summed E-state index contributed by atoms with van der Waals surface area (Å²) >= 11 is 12.2. The number of rotatable bonds is 2. The summed E-state index contributed by atoms with van der Waals surface area (Å²) in [5.41, 5.74) is 1.81. The maximum Gasteiger partial charge on any atom is 0.0662 e. The SMILES string of the molecule is C/C(=N\N1CCN(C)CC1)c1cc(Cl)ccc1Cl. The van der Waals surface area contributed by atoms with Gasteiger partial charge >= 0.3 is 0 Å². The first kappa shape index (κ1) is 13.7. The van der Waals surface area contributed by atoms with Gasteiger partial charge in [-0.3, -0.25) is 5.01 Å². The fourth-order valence-electron chi connectivity index (χ4n) is 1.94. The molecule has 0 amide bonds. The van der Waals surface area contributed by atoms with Crippen LogP contribution >= 0.6 is 23.2 Å². The van der Waals surface area contributed by atoms with Gasteiger partial charge < -0.3 is 4.90 Å². The molecule has 1 fully saturated rings. The van der Waals surface area contributed by atoms with Crippen molar-refractivity contribution in [3.8, 4) is 0 Å². The van der Waals surface area contributed by atoms with Crippen LogP contribution in [-0.2, 0) is 0 Å². The Morgan fingerprint density at radius 1 is 1.17 bits per heavy atom. The Morgan fingerprint density at radius 3 is 2.50 bits per heavy atom. The van der Waals surface area contributed by atoms with E-state index in [1.165, 1.54) is 0 Å². The topological polar surface area (TPSA) is 18.8 Å². The molecule has 0 aromatic heterocycles. The van der Waals surface area contributed by atoms with Crippen LogP contribution in [0, 0.1) is 0 Å². The molecule has 18 heavy (non-hydrogen) atoms. The predicted molar refractivity (Wildman–Crippen MR) is 77.7 cm³/mol. The van der Waals surface area contributed by atoms with Gasteiger partial charge in [-0.25, -0.2) is 0 Å². The summed E-state index contributed by atoms with van der Waals surface area (Å²) in [5.74, 6) is 0. The minimum atomic E-state index is 0.683. The first-order valence-corrected chi connectivity index (χ1v) is 6.76. The highest BCUT2D eigenvalue weighted by Crippen LogP contribution is 2.21. The van der Waals surface area contributed by atoms with Gasteiger partial charge in [-0.05, 0) is 32.2 Å². The molecule has 0 unspecified atom stereocenters. The summed E-state index contributed by atoms with van der Waals surface area (Å²) in [5, 5.41) is 8.09. The molecular formula is C13H17Cl2N3. The van der Waals surface area contributed by atoms with E-state index in [0.29, 0.717) is 10.0 Å². The number of nitrogens with zero attached hydrogens (tertiary/aromatic N) is 3. The van der Waals surface area contributed by atoms with Gasteiger partial charge in [-0.2, -0.15) is 5.10 Å². The van der Waals surface area contributed by atoms with Gasteiger partial charge in [0.1, 0.15) is 0 Å². The van der Waals surface area contributed by atoms with Crippen LogP contribution in [-0.4, -0.2) is 48.8 Å². The van der Waals surface area contributed by atoms with Gasteiger partial charge in [-0.15, -0.1) is 0 Å². The fourth-order valence-corrected chi connectivity index (χ4v) is 2.36. The largest absolute Gasteiger partial charge is 0.303 e. The van der Waals surface area contributed by atoms with Gasteiger partial charge in [0.25, 0.3) is 0 Å². The zero-order valence-electron chi connectivity index (χ0n) is 10.7. The van der Waals surface area contributed by atoms with Gasteiger partial charge in [-0.1, -0.05) is 23.2 Å². The molecular weight excluding hydrogens is 269 g/mol. The number of piperazine rings is 1. The third kappa shape index (κ3) is 3.37. The second-order valence-corrected chi connectivity index (χ2v) is 5.41. The molecule has 0 radical (unpaired) electrons. The maximum atomic E-state index is 6.17. The van der Waals surface area contributed by atoms with E-state index in [2.05, 4.69) is 22.1 Å². The van der Waals surface area contributed by atoms with Crippen LogP contribution in [0.25, 0.3) is 0 Å². The van der Waals surface area contributed by atoms with E-state index >= 15 is 0 Å². The molecule has 2 rings (SSSR count). The van der Waals surface area contributed by atoms with Gasteiger partial charge in [0.2, 0.25) is 0 Å². The average Bonchev–Trinajstić information content (AvgIpc) is 2.35. The summed E-state index contributed by atoms with van der Waals surface area (Å²) in [6.07, 6.45) is 0. The minimum Gasteiger partial charge on any atom is -0.303 e. The minimum absolute atomic E-state index is 0.683. The molecule has 3 nitrogen and oxygen atoms in total. The Hall–Kier alpha value is -0.770. The molecule has 0 saturated carbocycles. The van der Waals surface area contributed by atoms with Crippen LogP contribution in [0.1, 0.15) is 12.5 Å². The molecule has 1 aromatic carbocycles. The van der Waals surface area contributed by atoms with Crippen molar-refractivity contribution < 1.29 is 0 Å². The van der Waals surface area contributed by atoms with Crippen LogP contribution < -0.4 is 0 Å². The number of hydrogen-bond acceptors (Lipinski definition) is 3. The third-order valence-electron chi connectivity index (χ3n) is 3.09. The predicted octanol–water partition coefficient (Wildman–Crippen LogP) is 2.96. The third-order valence-corrected chi connectivity index (χ3v) is 3.65. The Kier molecular flexibility index (Phi) is 4.49. The highest BCUT2D eigenvalue weighted by molar-refractivity contribution is 6.36. The number of hydrogen-bond donors (Lipinski definition) is 0. The van der Waals surface area contributed by atoms with Crippen LogP contribution in [0.15, 0.2) is 23.3 Å². The monoisotopic (exact) mass is 285 g/mol. The summed E-state index contributed by atoms with van der Waals surface area (Å²) < 4.78 is 0. The van der Waals surface area contributed by atoms with Crippen LogP contribution in [0.3, 0.4) is 0 Å². The van der Waals surface area contributed by atoms with E-state index in [4.69, 9.17) is 23.2 Å². The molecule has 0 spiro atoms. The molecule has 0 bridgehead atoms. The molecule has 0 aliphatic carbocycles. The maximum absolute atomic E-state index is 6.17. The molecule has 1 heterocycles. The average molecular weight is 286 g/mol. The Bertz CT molecular complexity index is 452. The molecule has 0 atom stereocenters. The molecule has 1 aromatic rings. The van der Waals surface area contributed by atoms with Crippen LogP contribution in [0.4, 0.5) is 0 Å². The van der Waals surface area contributed by atoms with E-state index < -0.39 is 0 Å². The van der Waals surface area contributed by atoms with Crippen molar-refractivity contribution in [3.63, 3.8) is 0 Å². The first-order chi connectivity index (χ1) is 8.56. The van der Waals surface area contributed by atoms with E-state index in [1.54, 1.807) is 6.07 Å². The molecule has 1 saturated heterocycles. The second-order valence-electron chi connectivity index (χ2n) is 4.57. The summed E-state index contributed by atoms with van der Waals surface area (Å²) in [4.78, 5) is 2.30. The van der Waals surface area contributed by atoms with E-state index in [-0.39, 0.29) is 0 Å². The lowest BCUT2D eigenvalue weighted by Gasteiger charge is -2.30. The first-order valence-electron chi connectivity index (χ1n) is 6.00. The Labute approximate surface area is 118 Å². The molecule has 5 heteroatoms. The second kappa shape index (κ2) is 5.91. The van der Waals surface area contributed by atoms with E-state index in [1.807, 2.05) is 19.1 Å². The van der Waals surface area contributed by atoms with Gasteiger partial charge in [0.05, 0.1) is 5.71 Å². The van der Waals surface area contributed by atoms with Crippen molar-refractivity contribution >= 4 is 28.9 Å². The fraction of sp³-hybridized carbons (Fsp3) is 0.462. The number of halogens is 2. The highest BCUT2D eigenvalue weighted by Gasteiger charge is 2.13. The van der Waals surface area contributed by atoms with E-state index in [9.17, 15) is 0 Å². The number of benzene rings is 1. The van der Waals surface area contributed by atoms with Gasteiger partial charge in [0, 0.05) is 41.8 Å². The number of likely N-dealkylation sites (N-methyl/N-ethyl adjacent to an activating group) is 1. The smallest absolute Gasteiger partial charge is 0.0662 e. The molecule has 98 valence electrons. The standard InChI is InChI=1S/C13H17Cl2N3/c1-10(12-9-11(14)3-4-13(12)15)16-18-7-5-17(2)6-8-18/h3-4,9H,5-8H2,1-2H3/b16-10+. The van der Waals surface area contributed by atoms with Crippen molar-refractivity contribution in [2.45, 2.75) is 6.92 Å². The highest BCUT2D eigenvalue weighted by atomic mass is 35.5. The van der Waals surface area contributed by atoms with Crippen molar-refractivity contribution in [1.29, 1.82) is 0 Å². The van der Waals surface area contributed by atoms with Crippen LogP contribution in [0.2, 0.25) is 10.0 Å². The Morgan fingerprint density at radius 2 is 1.83 bits per heavy atom. The lowest BCUT2D eigenvalue weighted by atomic mass is 10.1. The van der Waals surface area contributed by atoms with Crippen molar-refractivity contribution in [3.05, 3.63) is 33.8 Å². The molecule has 0 N–H and O–H groups in total. The lowest BCUT2D eigenvalue weighted by molar-refractivity contribution is 0.159. The van der Waals surface area contributed by atoms with Crippen molar-refractivity contribution in [2.75, 3.05) is 33.2 Å². The van der Waals surface area contributed by atoms with E-state index in [0.717, 1.165) is 37.5 Å². The lowest BCUT2D eigenvalue weighted by Crippen LogP contribution is -2.42. The number of hydrazone groups is 1. The summed E-state index contributed by atoms with van der Waals surface area (Å²) in [6.45, 7) is 5.95. The zero-order chi connectivity index (χ0) is 13.1. The summed E-state index contributed by atoms with van der Waals surface area (Å²) in [6, 6.07) is 5.46. The molecule has 1 aliphatic rings.